The van der Waals surface area contributed by atoms with Gasteiger partial charge in [0.15, 0.2) is 22.8 Å². The summed E-state index contributed by atoms with van der Waals surface area (Å²) in [7, 11) is 4.64. The second kappa shape index (κ2) is 8.69. The lowest BCUT2D eigenvalue weighted by Crippen LogP contribution is -2.23. The quantitative estimate of drug-likeness (QED) is 0.460. The Hall–Kier alpha value is -4.09. The standard InChI is InChI=1S/C22H21F3N6O3/c1-12-14(10-27-30(12)2)9-26-21(32)15-11-28-31-19(22(23,24)25)8-16(29-20(15)31)13-5-6-17(33-3)18(7-13)34-4/h5-8,10-11H,9H2,1-4H3,(H,26,32). The molecular weight excluding hydrogens is 453 g/mol. The number of hydrogen-bond acceptors (Lipinski definition) is 6. The van der Waals surface area contributed by atoms with E-state index in [1.807, 2.05) is 6.92 Å². The number of hydrogen-bond donors (Lipinski definition) is 1. The van der Waals surface area contributed by atoms with Gasteiger partial charge in [-0.05, 0) is 31.2 Å². The Morgan fingerprint density at radius 1 is 1.09 bits per heavy atom. The Morgan fingerprint density at radius 2 is 1.82 bits per heavy atom. The third-order valence-corrected chi connectivity index (χ3v) is 5.46. The van der Waals surface area contributed by atoms with Gasteiger partial charge in [0.2, 0.25) is 0 Å². The minimum atomic E-state index is -4.74. The molecule has 34 heavy (non-hydrogen) atoms. The SMILES string of the molecule is COc1ccc(-c2cc(C(F)(F)F)n3ncc(C(=O)NCc4cnn(C)c4C)c3n2)cc1OC. The Bertz CT molecular complexity index is 1380. The molecule has 1 aromatic carbocycles. The van der Waals surface area contributed by atoms with Gasteiger partial charge in [-0.1, -0.05) is 0 Å². The molecule has 3 heterocycles. The van der Waals surface area contributed by atoms with Crippen molar-refractivity contribution in [1.29, 1.82) is 0 Å². The van der Waals surface area contributed by atoms with Gasteiger partial charge in [0.05, 0.1) is 32.3 Å². The van der Waals surface area contributed by atoms with Crippen LogP contribution < -0.4 is 14.8 Å². The molecule has 0 radical (unpaired) electrons. The highest BCUT2D eigenvalue weighted by Crippen LogP contribution is 2.35. The van der Waals surface area contributed by atoms with Crippen molar-refractivity contribution in [2.45, 2.75) is 19.6 Å². The van der Waals surface area contributed by atoms with Crippen LogP contribution in [-0.2, 0) is 19.8 Å². The number of carbonyl (C=O) groups is 1. The molecule has 0 unspecified atom stereocenters. The van der Waals surface area contributed by atoms with Crippen molar-refractivity contribution in [3.8, 4) is 22.8 Å². The predicted molar refractivity (Wildman–Crippen MR) is 116 cm³/mol. The number of aromatic nitrogens is 5. The number of benzene rings is 1. The highest BCUT2D eigenvalue weighted by Gasteiger charge is 2.36. The van der Waals surface area contributed by atoms with E-state index in [1.165, 1.54) is 20.3 Å². The van der Waals surface area contributed by atoms with Crippen LogP contribution in [-0.4, -0.2) is 44.5 Å². The van der Waals surface area contributed by atoms with E-state index in [-0.39, 0.29) is 23.4 Å². The average Bonchev–Trinajstić information content (AvgIpc) is 3.38. The number of ether oxygens (including phenoxy) is 2. The molecule has 178 valence electrons. The summed E-state index contributed by atoms with van der Waals surface area (Å²) < 4.78 is 54.3. The molecule has 0 atom stereocenters. The molecule has 4 aromatic rings. The zero-order valence-electron chi connectivity index (χ0n) is 18.8. The first-order valence-corrected chi connectivity index (χ1v) is 10.1. The molecule has 9 nitrogen and oxygen atoms in total. The predicted octanol–water partition coefficient (Wildman–Crippen LogP) is 3.40. The van der Waals surface area contributed by atoms with Gasteiger partial charge in [0.25, 0.3) is 5.91 Å². The van der Waals surface area contributed by atoms with Crippen LogP contribution in [0.5, 0.6) is 11.5 Å². The van der Waals surface area contributed by atoms with E-state index in [0.717, 1.165) is 23.5 Å². The van der Waals surface area contributed by atoms with Crippen LogP contribution in [0.4, 0.5) is 13.2 Å². The summed E-state index contributed by atoms with van der Waals surface area (Å²) in [4.78, 5) is 17.2. The van der Waals surface area contributed by atoms with E-state index in [0.29, 0.717) is 21.6 Å². The minimum absolute atomic E-state index is 0.00145. The van der Waals surface area contributed by atoms with Gasteiger partial charge in [-0.25, -0.2) is 9.50 Å². The fourth-order valence-electron chi connectivity index (χ4n) is 3.46. The Morgan fingerprint density at radius 3 is 2.44 bits per heavy atom. The maximum Gasteiger partial charge on any atom is 0.433 e. The Kier molecular flexibility index (Phi) is 5.90. The van der Waals surface area contributed by atoms with Crippen LogP contribution in [0.15, 0.2) is 36.7 Å². The summed E-state index contributed by atoms with van der Waals surface area (Å²) >= 11 is 0. The van der Waals surface area contributed by atoms with Crippen molar-refractivity contribution in [1.82, 2.24) is 29.7 Å². The number of methoxy groups -OCH3 is 2. The highest BCUT2D eigenvalue weighted by atomic mass is 19.4. The molecule has 4 rings (SSSR count). The number of nitrogens with one attached hydrogen (secondary N) is 1. The van der Waals surface area contributed by atoms with Gasteiger partial charge >= 0.3 is 6.18 Å². The number of aryl methyl sites for hydroxylation is 1. The first-order valence-electron chi connectivity index (χ1n) is 10.1. The number of fused-ring (bicyclic) bond motifs is 1. The zero-order valence-corrected chi connectivity index (χ0v) is 18.8. The number of nitrogens with zero attached hydrogens (tertiary/aromatic N) is 5. The molecule has 1 N–H and O–H groups in total. The Balaban J connectivity index is 1.78. The normalized spacial score (nSPS) is 11.6. The third-order valence-electron chi connectivity index (χ3n) is 5.46. The molecule has 12 heteroatoms. The van der Waals surface area contributed by atoms with E-state index in [4.69, 9.17) is 9.47 Å². The molecule has 0 aliphatic carbocycles. The van der Waals surface area contributed by atoms with E-state index < -0.39 is 17.8 Å². The van der Waals surface area contributed by atoms with Crippen molar-refractivity contribution in [2.24, 2.45) is 7.05 Å². The second-order valence-electron chi connectivity index (χ2n) is 7.45. The monoisotopic (exact) mass is 474 g/mol. The van der Waals surface area contributed by atoms with Gasteiger partial charge in [0.1, 0.15) is 5.56 Å². The molecule has 1 amide bonds. The maximum absolute atomic E-state index is 13.9. The summed E-state index contributed by atoms with van der Waals surface area (Å²) in [5, 5.41) is 10.6. The van der Waals surface area contributed by atoms with E-state index in [9.17, 15) is 18.0 Å². The van der Waals surface area contributed by atoms with Crippen molar-refractivity contribution in [3.63, 3.8) is 0 Å². The minimum Gasteiger partial charge on any atom is -0.493 e. The maximum atomic E-state index is 13.9. The van der Waals surface area contributed by atoms with Gasteiger partial charge in [-0.15, -0.1) is 0 Å². The molecule has 0 saturated heterocycles. The fourth-order valence-corrected chi connectivity index (χ4v) is 3.46. The molecule has 0 bridgehead atoms. The van der Waals surface area contributed by atoms with E-state index >= 15 is 0 Å². The first kappa shape index (κ1) is 23.1. The lowest BCUT2D eigenvalue weighted by atomic mass is 10.1. The summed E-state index contributed by atoms with van der Waals surface area (Å²) in [6.45, 7) is 1.99. The number of halogens is 3. The van der Waals surface area contributed by atoms with Crippen LogP contribution in [0.3, 0.4) is 0 Å². The van der Waals surface area contributed by atoms with Crippen LogP contribution in [0, 0.1) is 6.92 Å². The number of amides is 1. The summed E-state index contributed by atoms with van der Waals surface area (Å²) in [5.74, 6) is 0.135. The first-order chi connectivity index (χ1) is 16.1. The zero-order chi connectivity index (χ0) is 24.6. The van der Waals surface area contributed by atoms with Gasteiger partial charge in [0, 0.05) is 30.4 Å². The van der Waals surface area contributed by atoms with E-state index in [2.05, 4.69) is 20.5 Å². The largest absolute Gasteiger partial charge is 0.493 e. The van der Waals surface area contributed by atoms with Gasteiger partial charge < -0.3 is 14.8 Å². The van der Waals surface area contributed by atoms with Crippen LogP contribution >= 0.6 is 0 Å². The molecule has 0 aliphatic rings. The van der Waals surface area contributed by atoms with Crippen molar-refractivity contribution in [2.75, 3.05) is 14.2 Å². The number of rotatable bonds is 6. The lowest BCUT2D eigenvalue weighted by Gasteiger charge is -2.13. The number of carbonyl (C=O) groups excluding carboxylic acids is 1. The summed E-state index contributed by atoms with van der Waals surface area (Å²) in [6.07, 6.45) is -2.05. The second-order valence-corrected chi connectivity index (χ2v) is 7.45. The molecule has 0 spiro atoms. The summed E-state index contributed by atoms with van der Waals surface area (Å²) in [5.41, 5.74) is 0.608. The molecular formula is C22H21F3N6O3. The van der Waals surface area contributed by atoms with Gasteiger partial charge in [-0.3, -0.25) is 9.48 Å². The molecule has 0 fully saturated rings. The lowest BCUT2D eigenvalue weighted by molar-refractivity contribution is -0.142. The highest BCUT2D eigenvalue weighted by molar-refractivity contribution is 5.99. The molecule has 3 aromatic heterocycles. The third kappa shape index (κ3) is 4.14. The van der Waals surface area contributed by atoms with Crippen LogP contribution in [0.1, 0.15) is 27.3 Å². The van der Waals surface area contributed by atoms with E-state index in [1.54, 1.807) is 30.1 Å². The average molecular weight is 474 g/mol. The van der Waals surface area contributed by atoms with Crippen molar-refractivity contribution < 1.29 is 27.4 Å². The fraction of sp³-hybridized carbons (Fsp3) is 0.273. The summed E-state index contributed by atoms with van der Waals surface area (Å²) in [6, 6.07) is 5.51. The Labute approximate surface area is 192 Å². The van der Waals surface area contributed by atoms with Crippen molar-refractivity contribution >= 4 is 11.6 Å². The van der Waals surface area contributed by atoms with Gasteiger partial charge in [-0.2, -0.15) is 23.4 Å². The van der Waals surface area contributed by atoms with Crippen LogP contribution in [0.2, 0.25) is 0 Å². The molecule has 0 aliphatic heterocycles. The van der Waals surface area contributed by atoms with Crippen LogP contribution in [0.25, 0.3) is 16.9 Å². The van der Waals surface area contributed by atoms with Crippen molar-refractivity contribution in [3.05, 3.63) is 59.2 Å². The smallest absolute Gasteiger partial charge is 0.433 e. The molecule has 0 saturated carbocycles. The topological polar surface area (TPSA) is 95.6 Å². The number of alkyl halides is 3.